The number of ether oxygens (including phenoxy) is 5. The fourth-order valence-corrected chi connectivity index (χ4v) is 3.99. The molecule has 0 aliphatic heterocycles. The smallest absolute Gasteiger partial charge is 0.312 e. The molecule has 17 heteroatoms. The van der Waals surface area contributed by atoms with Gasteiger partial charge >= 0.3 is 6.03 Å². The van der Waals surface area contributed by atoms with Crippen LogP contribution in [0.5, 0.6) is 0 Å². The van der Waals surface area contributed by atoms with Crippen LogP contribution in [0.1, 0.15) is 38.7 Å². The molecule has 0 bridgehead atoms. The van der Waals surface area contributed by atoms with Gasteiger partial charge in [0.15, 0.2) is 0 Å². The Balaban J connectivity index is 2.32. The fourth-order valence-electron chi connectivity index (χ4n) is 3.99. The lowest BCUT2D eigenvalue weighted by Crippen LogP contribution is -2.54. The predicted octanol–water partition coefficient (Wildman–Crippen LogP) is 1.79. The number of aryl methyl sites for hydroxylation is 1. The van der Waals surface area contributed by atoms with Gasteiger partial charge < -0.3 is 50.7 Å². The first-order valence-electron chi connectivity index (χ1n) is 16.0. The van der Waals surface area contributed by atoms with E-state index in [9.17, 15) is 19.2 Å². The van der Waals surface area contributed by atoms with Crippen molar-refractivity contribution >= 4 is 29.4 Å². The minimum absolute atomic E-state index is 0.0363. The van der Waals surface area contributed by atoms with E-state index in [1.54, 1.807) is 26.0 Å². The van der Waals surface area contributed by atoms with Crippen molar-refractivity contribution in [2.75, 3.05) is 84.5 Å². The van der Waals surface area contributed by atoms with E-state index in [0.717, 1.165) is 5.56 Å². The van der Waals surface area contributed by atoms with Gasteiger partial charge in [-0.2, -0.15) is 0 Å². The zero-order chi connectivity index (χ0) is 35.4. The molecule has 0 aromatic heterocycles. The zero-order valence-corrected chi connectivity index (χ0v) is 28.2. The minimum Gasteiger partial charge on any atom is -0.379 e. The molecular weight excluding hydrogens is 628 g/mol. The Hall–Kier alpha value is -3.99. The summed E-state index contributed by atoms with van der Waals surface area (Å²) >= 11 is 0. The van der Waals surface area contributed by atoms with Gasteiger partial charge in [0.05, 0.1) is 66.1 Å². The number of hydrogen-bond donors (Lipinski definition) is 5. The SMILES string of the molecule is Cc1ccc(NC(=O)[C@H](CCCNC(N)=O)NC(=O)[C@@H](NC(=O)CCOCCOCCOCCOCCOCCN=[N+]=[N-])C(C)C)cc1. The van der Waals surface area contributed by atoms with Crippen molar-refractivity contribution in [1.29, 1.82) is 0 Å². The second-order valence-electron chi connectivity index (χ2n) is 10.9. The van der Waals surface area contributed by atoms with Crippen LogP contribution in [-0.4, -0.2) is 115 Å². The van der Waals surface area contributed by atoms with E-state index in [2.05, 4.69) is 31.3 Å². The standard InChI is InChI=1S/C31H52N8O9/c1-23(2)28(30(42)37-26(5-4-11-34-31(32)43)29(41)36-25-8-6-24(3)7-9-25)38-27(40)10-13-44-15-17-46-19-21-48-22-20-47-18-16-45-14-12-35-39-33/h6-9,23,26,28H,4-5,10-22H2,1-3H3,(H,36,41)(H,37,42)(H,38,40)(H3,32,34,43)/t26-,28-/m0/s1. The number of urea groups is 1. The topological polar surface area (TPSA) is 237 Å². The third kappa shape index (κ3) is 21.7. The molecule has 0 heterocycles. The van der Waals surface area contributed by atoms with Crippen molar-refractivity contribution in [3.8, 4) is 0 Å². The molecule has 1 aromatic carbocycles. The number of amides is 5. The van der Waals surface area contributed by atoms with Crippen molar-refractivity contribution in [3.05, 3.63) is 40.3 Å². The quantitative estimate of drug-likeness (QED) is 0.0375. The summed E-state index contributed by atoms with van der Waals surface area (Å²) in [5.74, 6) is -1.55. The third-order valence-corrected chi connectivity index (χ3v) is 6.55. The highest BCUT2D eigenvalue weighted by atomic mass is 16.6. The number of azide groups is 1. The van der Waals surface area contributed by atoms with E-state index < -0.39 is 29.9 Å². The number of benzene rings is 1. The monoisotopic (exact) mass is 680 g/mol. The molecule has 1 aromatic rings. The summed E-state index contributed by atoms with van der Waals surface area (Å²) in [6.07, 6.45) is 0.656. The lowest BCUT2D eigenvalue weighted by molar-refractivity contribution is -0.132. The van der Waals surface area contributed by atoms with Crippen LogP contribution in [0.25, 0.3) is 10.4 Å². The zero-order valence-electron chi connectivity index (χ0n) is 28.2. The van der Waals surface area contributed by atoms with Crippen molar-refractivity contribution in [2.45, 2.75) is 52.1 Å². The Bertz CT molecular complexity index is 1120. The van der Waals surface area contributed by atoms with Gasteiger partial charge in [-0.1, -0.05) is 36.7 Å². The molecule has 270 valence electrons. The maximum absolute atomic E-state index is 13.2. The second-order valence-corrected chi connectivity index (χ2v) is 10.9. The Labute approximate surface area is 281 Å². The van der Waals surface area contributed by atoms with Crippen LogP contribution in [-0.2, 0) is 38.1 Å². The number of nitrogens with zero attached hydrogens (tertiary/aromatic N) is 3. The van der Waals surface area contributed by atoms with Gasteiger partial charge in [-0.05, 0) is 43.3 Å². The van der Waals surface area contributed by atoms with E-state index in [4.69, 9.17) is 34.9 Å². The van der Waals surface area contributed by atoms with E-state index in [0.29, 0.717) is 71.5 Å². The van der Waals surface area contributed by atoms with Crippen LogP contribution in [0.4, 0.5) is 10.5 Å². The number of nitrogens with two attached hydrogens (primary N) is 1. The number of carbonyl (C=O) groups excluding carboxylic acids is 4. The highest BCUT2D eigenvalue weighted by Gasteiger charge is 2.28. The Morgan fingerprint density at radius 2 is 1.35 bits per heavy atom. The number of primary amides is 1. The summed E-state index contributed by atoms with van der Waals surface area (Å²) in [5, 5.41) is 14.1. The van der Waals surface area contributed by atoms with Gasteiger partial charge in [0.1, 0.15) is 12.1 Å². The van der Waals surface area contributed by atoms with Gasteiger partial charge in [0.25, 0.3) is 0 Å². The van der Waals surface area contributed by atoms with Crippen LogP contribution in [0.3, 0.4) is 0 Å². The molecule has 17 nitrogen and oxygen atoms in total. The Morgan fingerprint density at radius 1 is 0.812 bits per heavy atom. The van der Waals surface area contributed by atoms with Crippen molar-refractivity contribution < 1.29 is 42.9 Å². The lowest BCUT2D eigenvalue weighted by Gasteiger charge is -2.25. The first-order valence-corrected chi connectivity index (χ1v) is 16.0. The average Bonchev–Trinajstić information content (AvgIpc) is 3.05. The summed E-state index contributed by atoms with van der Waals surface area (Å²) < 4.78 is 26.9. The fraction of sp³-hybridized carbons (Fsp3) is 0.677. The number of rotatable bonds is 28. The minimum atomic E-state index is -0.915. The number of hydrogen-bond acceptors (Lipinski definition) is 10. The molecule has 0 spiro atoms. The lowest BCUT2D eigenvalue weighted by atomic mass is 10.0. The molecule has 0 saturated heterocycles. The average molecular weight is 681 g/mol. The van der Waals surface area contributed by atoms with Crippen LogP contribution in [0.2, 0.25) is 0 Å². The summed E-state index contributed by atoms with van der Waals surface area (Å²) in [7, 11) is 0. The van der Waals surface area contributed by atoms with E-state index in [1.165, 1.54) is 0 Å². The second kappa shape index (κ2) is 27.0. The van der Waals surface area contributed by atoms with Crippen LogP contribution < -0.4 is 27.0 Å². The van der Waals surface area contributed by atoms with Crippen molar-refractivity contribution in [1.82, 2.24) is 16.0 Å². The third-order valence-electron chi connectivity index (χ3n) is 6.55. The van der Waals surface area contributed by atoms with Gasteiger partial charge in [-0.25, -0.2) is 4.79 Å². The van der Waals surface area contributed by atoms with Crippen LogP contribution >= 0.6 is 0 Å². The molecule has 0 aliphatic rings. The maximum Gasteiger partial charge on any atom is 0.312 e. The Kier molecular flexibility index (Phi) is 23.7. The van der Waals surface area contributed by atoms with Crippen molar-refractivity contribution in [2.24, 2.45) is 16.8 Å². The summed E-state index contributed by atoms with van der Waals surface area (Å²) in [4.78, 5) is 52.6. The maximum atomic E-state index is 13.2. The molecule has 6 N–H and O–H groups in total. The Morgan fingerprint density at radius 3 is 1.88 bits per heavy atom. The molecule has 0 radical (unpaired) electrons. The van der Waals surface area contributed by atoms with E-state index in [-0.39, 0.29) is 44.4 Å². The van der Waals surface area contributed by atoms with Crippen LogP contribution in [0, 0.1) is 12.8 Å². The summed E-state index contributed by atoms with van der Waals surface area (Å²) in [6, 6.07) is 4.77. The molecule has 0 saturated carbocycles. The first kappa shape index (κ1) is 42.0. The molecular formula is C31H52N8O9. The molecule has 0 aliphatic carbocycles. The van der Waals surface area contributed by atoms with Gasteiger partial charge in [-0.3, -0.25) is 14.4 Å². The van der Waals surface area contributed by atoms with Crippen molar-refractivity contribution in [3.63, 3.8) is 0 Å². The normalized spacial score (nSPS) is 12.1. The molecule has 2 atom stereocenters. The highest BCUT2D eigenvalue weighted by Crippen LogP contribution is 2.11. The predicted molar refractivity (Wildman–Crippen MR) is 178 cm³/mol. The molecule has 1 rings (SSSR count). The number of nitrogens with one attached hydrogen (secondary N) is 4. The molecule has 5 amide bonds. The number of anilines is 1. The molecule has 48 heavy (non-hydrogen) atoms. The molecule has 0 unspecified atom stereocenters. The van der Waals surface area contributed by atoms with Crippen LogP contribution in [0.15, 0.2) is 29.4 Å². The number of carbonyl (C=O) groups is 4. The van der Waals surface area contributed by atoms with Gasteiger partial charge in [0, 0.05) is 30.1 Å². The van der Waals surface area contributed by atoms with Gasteiger partial charge in [-0.15, -0.1) is 0 Å². The first-order chi connectivity index (χ1) is 23.1. The largest absolute Gasteiger partial charge is 0.379 e. The summed E-state index contributed by atoms with van der Waals surface area (Å²) in [5.41, 5.74) is 14.9. The van der Waals surface area contributed by atoms with Gasteiger partial charge in [0.2, 0.25) is 17.7 Å². The van der Waals surface area contributed by atoms with E-state index >= 15 is 0 Å². The highest BCUT2D eigenvalue weighted by molar-refractivity contribution is 5.98. The molecule has 0 fully saturated rings. The summed E-state index contributed by atoms with van der Waals surface area (Å²) in [6.45, 7) is 9.59. The van der Waals surface area contributed by atoms with E-state index in [1.807, 2.05) is 19.1 Å².